The molecule has 5 heteroatoms. The molecule has 1 aliphatic rings. The topological polar surface area (TPSA) is 58.1 Å². The molecule has 0 atom stereocenters. The number of aromatic nitrogens is 2. The summed E-state index contributed by atoms with van der Waals surface area (Å²) in [5, 5.41) is 3.19. The Balaban J connectivity index is 2.03. The van der Waals surface area contributed by atoms with Crippen molar-refractivity contribution in [2.75, 3.05) is 23.8 Å². The lowest BCUT2D eigenvalue weighted by atomic mass is 9.92. The standard InChI is InChI=1S/C14H22N4O/c1-10(19)7-8-15-13-9-14(17-11(2)16-13)18(3)12-5-4-6-12/h9,12H,4-8H2,1-3H3,(H,15,16,17). The van der Waals surface area contributed by atoms with Crippen molar-refractivity contribution in [2.24, 2.45) is 0 Å². The van der Waals surface area contributed by atoms with Gasteiger partial charge in [-0.1, -0.05) is 0 Å². The summed E-state index contributed by atoms with van der Waals surface area (Å²) in [6.45, 7) is 4.12. The molecule has 5 nitrogen and oxygen atoms in total. The molecule has 0 radical (unpaired) electrons. The Hall–Kier alpha value is -1.65. The number of anilines is 2. The lowest BCUT2D eigenvalue weighted by Gasteiger charge is -2.35. The van der Waals surface area contributed by atoms with Gasteiger partial charge in [-0.15, -0.1) is 0 Å². The van der Waals surface area contributed by atoms with Gasteiger partial charge in [0, 0.05) is 32.1 Å². The van der Waals surface area contributed by atoms with Gasteiger partial charge in [-0.3, -0.25) is 4.79 Å². The van der Waals surface area contributed by atoms with E-state index in [1.165, 1.54) is 19.3 Å². The van der Waals surface area contributed by atoms with Crippen LogP contribution in [0.2, 0.25) is 0 Å². The maximum absolute atomic E-state index is 10.9. The first-order valence-electron chi connectivity index (χ1n) is 6.88. The number of hydrogen-bond acceptors (Lipinski definition) is 5. The van der Waals surface area contributed by atoms with Crippen molar-refractivity contribution >= 4 is 17.4 Å². The second kappa shape index (κ2) is 5.99. The Labute approximate surface area is 114 Å². The Morgan fingerprint density at radius 3 is 2.79 bits per heavy atom. The summed E-state index contributed by atoms with van der Waals surface area (Å²) in [5.41, 5.74) is 0. The predicted molar refractivity (Wildman–Crippen MR) is 76.6 cm³/mol. The molecule has 0 spiro atoms. The zero-order valence-corrected chi connectivity index (χ0v) is 11.9. The minimum atomic E-state index is 0.185. The van der Waals surface area contributed by atoms with E-state index in [9.17, 15) is 4.79 Å². The van der Waals surface area contributed by atoms with E-state index in [0.29, 0.717) is 19.0 Å². The van der Waals surface area contributed by atoms with Crippen molar-refractivity contribution in [3.05, 3.63) is 11.9 Å². The number of nitrogens with one attached hydrogen (secondary N) is 1. The van der Waals surface area contributed by atoms with Crippen molar-refractivity contribution < 1.29 is 4.79 Å². The van der Waals surface area contributed by atoms with Crippen molar-refractivity contribution in [1.29, 1.82) is 0 Å². The van der Waals surface area contributed by atoms with Crippen molar-refractivity contribution in [1.82, 2.24) is 9.97 Å². The van der Waals surface area contributed by atoms with E-state index in [1.54, 1.807) is 6.92 Å². The fourth-order valence-electron chi connectivity index (χ4n) is 2.15. The van der Waals surface area contributed by atoms with Gasteiger partial charge in [0.1, 0.15) is 23.2 Å². The number of hydrogen-bond donors (Lipinski definition) is 1. The smallest absolute Gasteiger partial charge is 0.134 e. The van der Waals surface area contributed by atoms with Crippen LogP contribution in [0.25, 0.3) is 0 Å². The van der Waals surface area contributed by atoms with Crippen LogP contribution in [0.3, 0.4) is 0 Å². The molecular weight excluding hydrogens is 240 g/mol. The van der Waals surface area contributed by atoms with Gasteiger partial charge in [0.2, 0.25) is 0 Å². The van der Waals surface area contributed by atoms with Crippen LogP contribution in [0.15, 0.2) is 6.07 Å². The third kappa shape index (κ3) is 3.66. The molecule has 19 heavy (non-hydrogen) atoms. The molecule has 0 unspecified atom stereocenters. The van der Waals surface area contributed by atoms with E-state index in [4.69, 9.17) is 0 Å². The number of rotatable bonds is 6. The molecule has 2 rings (SSSR count). The molecular formula is C14H22N4O. The largest absolute Gasteiger partial charge is 0.369 e. The Morgan fingerprint density at radius 1 is 1.47 bits per heavy atom. The van der Waals surface area contributed by atoms with Gasteiger partial charge in [-0.25, -0.2) is 9.97 Å². The van der Waals surface area contributed by atoms with Crippen LogP contribution < -0.4 is 10.2 Å². The normalized spacial score (nSPS) is 14.9. The van der Waals surface area contributed by atoms with Crippen LogP contribution in [0.1, 0.15) is 38.4 Å². The molecule has 1 heterocycles. The van der Waals surface area contributed by atoms with Crippen LogP contribution in [0.4, 0.5) is 11.6 Å². The molecule has 104 valence electrons. The van der Waals surface area contributed by atoms with E-state index in [1.807, 2.05) is 13.0 Å². The monoisotopic (exact) mass is 262 g/mol. The molecule has 1 aromatic rings. The third-order valence-corrected chi connectivity index (χ3v) is 3.59. The Kier molecular flexibility index (Phi) is 4.35. The zero-order chi connectivity index (χ0) is 13.8. The second-order valence-corrected chi connectivity index (χ2v) is 5.23. The highest BCUT2D eigenvalue weighted by molar-refractivity contribution is 5.76. The van der Waals surface area contributed by atoms with Gasteiger partial charge in [0.15, 0.2) is 0 Å². The predicted octanol–water partition coefficient (Wildman–Crippen LogP) is 2.16. The lowest BCUT2D eigenvalue weighted by molar-refractivity contribution is -0.116. The van der Waals surface area contributed by atoms with E-state index in [-0.39, 0.29) is 5.78 Å². The fraction of sp³-hybridized carbons (Fsp3) is 0.643. The molecule has 1 aliphatic carbocycles. The number of aryl methyl sites for hydroxylation is 1. The second-order valence-electron chi connectivity index (χ2n) is 5.23. The third-order valence-electron chi connectivity index (χ3n) is 3.59. The number of carbonyl (C=O) groups excluding carboxylic acids is 1. The van der Waals surface area contributed by atoms with Crippen LogP contribution in [0.5, 0.6) is 0 Å². The van der Waals surface area contributed by atoms with Crippen molar-refractivity contribution in [3.63, 3.8) is 0 Å². The first-order chi connectivity index (χ1) is 9.06. The molecule has 0 aromatic carbocycles. The van der Waals surface area contributed by atoms with E-state index >= 15 is 0 Å². The molecule has 0 amide bonds. The van der Waals surface area contributed by atoms with Gasteiger partial charge < -0.3 is 10.2 Å². The average molecular weight is 262 g/mol. The molecule has 0 saturated heterocycles. The SMILES string of the molecule is CC(=O)CCNc1cc(N(C)C2CCC2)nc(C)n1. The fourth-order valence-corrected chi connectivity index (χ4v) is 2.15. The molecule has 1 N–H and O–H groups in total. The summed E-state index contributed by atoms with van der Waals surface area (Å²) in [6.07, 6.45) is 4.32. The van der Waals surface area contributed by atoms with Gasteiger partial charge in [0.05, 0.1) is 0 Å². The number of Topliss-reactive ketones (excluding diaryl/α,β-unsaturated/α-hetero) is 1. The minimum absolute atomic E-state index is 0.185. The summed E-state index contributed by atoms with van der Waals surface area (Å²) in [7, 11) is 2.09. The highest BCUT2D eigenvalue weighted by atomic mass is 16.1. The van der Waals surface area contributed by atoms with Crippen molar-refractivity contribution in [2.45, 2.75) is 45.6 Å². The van der Waals surface area contributed by atoms with Crippen LogP contribution in [0, 0.1) is 6.92 Å². The summed E-state index contributed by atoms with van der Waals surface area (Å²) in [6, 6.07) is 2.57. The maximum atomic E-state index is 10.9. The lowest BCUT2D eigenvalue weighted by Crippen LogP contribution is -2.37. The Bertz CT molecular complexity index is 457. The van der Waals surface area contributed by atoms with Crippen LogP contribution in [-0.2, 0) is 4.79 Å². The summed E-state index contributed by atoms with van der Waals surface area (Å²) < 4.78 is 0. The Morgan fingerprint density at radius 2 is 2.21 bits per heavy atom. The molecule has 0 aliphatic heterocycles. The van der Waals surface area contributed by atoms with Gasteiger partial charge >= 0.3 is 0 Å². The summed E-state index contributed by atoms with van der Waals surface area (Å²) in [4.78, 5) is 22.0. The molecule has 1 fully saturated rings. The summed E-state index contributed by atoms with van der Waals surface area (Å²) >= 11 is 0. The van der Waals surface area contributed by atoms with Crippen LogP contribution in [-0.4, -0.2) is 35.4 Å². The highest BCUT2D eigenvalue weighted by Crippen LogP contribution is 2.27. The van der Waals surface area contributed by atoms with E-state index in [0.717, 1.165) is 17.5 Å². The van der Waals surface area contributed by atoms with Crippen LogP contribution >= 0.6 is 0 Å². The first-order valence-corrected chi connectivity index (χ1v) is 6.88. The minimum Gasteiger partial charge on any atom is -0.369 e. The number of ketones is 1. The van der Waals surface area contributed by atoms with Gasteiger partial charge in [-0.2, -0.15) is 0 Å². The van der Waals surface area contributed by atoms with E-state index in [2.05, 4.69) is 27.2 Å². The van der Waals surface area contributed by atoms with Gasteiger partial charge in [-0.05, 0) is 33.1 Å². The molecule has 0 bridgehead atoms. The maximum Gasteiger partial charge on any atom is 0.134 e. The summed E-state index contributed by atoms with van der Waals surface area (Å²) in [5.74, 6) is 2.71. The quantitative estimate of drug-likeness (QED) is 0.851. The highest BCUT2D eigenvalue weighted by Gasteiger charge is 2.23. The zero-order valence-electron chi connectivity index (χ0n) is 11.9. The van der Waals surface area contributed by atoms with Gasteiger partial charge in [0.25, 0.3) is 0 Å². The van der Waals surface area contributed by atoms with E-state index < -0.39 is 0 Å². The molecule has 1 aromatic heterocycles. The number of nitrogens with zero attached hydrogens (tertiary/aromatic N) is 3. The van der Waals surface area contributed by atoms with Crippen molar-refractivity contribution in [3.8, 4) is 0 Å². The first kappa shape index (κ1) is 13.8. The average Bonchev–Trinajstić information content (AvgIpc) is 2.25. The molecule has 1 saturated carbocycles. The number of carbonyl (C=O) groups is 1.